The lowest BCUT2D eigenvalue weighted by Crippen LogP contribution is -2.25. The molecule has 0 amide bonds. The molecular formula is C14H26N4O. The van der Waals surface area contributed by atoms with Crippen molar-refractivity contribution in [3.8, 4) is 0 Å². The normalized spacial score (nSPS) is 16.9. The second-order valence-corrected chi connectivity index (χ2v) is 5.21. The summed E-state index contributed by atoms with van der Waals surface area (Å²) in [6.07, 6.45) is 9.74. The minimum Gasteiger partial charge on any atom is -0.377 e. The smallest absolute Gasteiger partial charge is 0.140 e. The van der Waals surface area contributed by atoms with Crippen LogP contribution in [0.3, 0.4) is 0 Å². The minimum atomic E-state index is 0.499. The van der Waals surface area contributed by atoms with Crippen molar-refractivity contribution in [2.24, 2.45) is 0 Å². The van der Waals surface area contributed by atoms with E-state index in [1.807, 2.05) is 4.68 Å². The van der Waals surface area contributed by atoms with E-state index in [4.69, 9.17) is 4.74 Å². The van der Waals surface area contributed by atoms with Crippen molar-refractivity contribution in [1.29, 1.82) is 0 Å². The number of rotatable bonds is 8. The first-order chi connectivity index (χ1) is 9.40. The van der Waals surface area contributed by atoms with E-state index in [-0.39, 0.29) is 0 Å². The van der Waals surface area contributed by atoms with Gasteiger partial charge in [-0.2, -0.15) is 5.10 Å². The van der Waals surface area contributed by atoms with Crippen molar-refractivity contribution in [1.82, 2.24) is 20.1 Å². The highest BCUT2D eigenvalue weighted by Crippen LogP contribution is 2.19. The van der Waals surface area contributed by atoms with Gasteiger partial charge in [0.05, 0.1) is 19.3 Å². The standard InChI is InChI=1S/C14H26N4O/c1-2-9-18-14(16-12-17-18)11-15-8-10-19-13-6-4-3-5-7-13/h12-13,15H,2-11H2,1H3. The first kappa shape index (κ1) is 14.5. The molecule has 1 fully saturated rings. The molecule has 2 rings (SSSR count). The van der Waals surface area contributed by atoms with Crippen molar-refractivity contribution >= 4 is 0 Å². The van der Waals surface area contributed by atoms with Crippen LogP contribution in [0.2, 0.25) is 0 Å². The summed E-state index contributed by atoms with van der Waals surface area (Å²) >= 11 is 0. The van der Waals surface area contributed by atoms with E-state index in [9.17, 15) is 0 Å². The molecule has 1 aliphatic carbocycles. The van der Waals surface area contributed by atoms with Crippen LogP contribution in [0.4, 0.5) is 0 Å². The van der Waals surface area contributed by atoms with E-state index in [2.05, 4.69) is 22.3 Å². The van der Waals surface area contributed by atoms with E-state index >= 15 is 0 Å². The van der Waals surface area contributed by atoms with Gasteiger partial charge in [-0.15, -0.1) is 0 Å². The largest absolute Gasteiger partial charge is 0.377 e. The van der Waals surface area contributed by atoms with Crippen LogP contribution < -0.4 is 5.32 Å². The van der Waals surface area contributed by atoms with Crippen molar-refractivity contribution in [3.05, 3.63) is 12.2 Å². The zero-order valence-electron chi connectivity index (χ0n) is 12.0. The highest BCUT2D eigenvalue weighted by Gasteiger charge is 2.13. The molecule has 0 unspecified atom stereocenters. The molecular weight excluding hydrogens is 240 g/mol. The summed E-state index contributed by atoms with van der Waals surface area (Å²) < 4.78 is 7.84. The highest BCUT2D eigenvalue weighted by atomic mass is 16.5. The molecule has 0 aliphatic heterocycles. The van der Waals surface area contributed by atoms with E-state index in [0.717, 1.165) is 38.5 Å². The molecule has 0 spiro atoms. The van der Waals surface area contributed by atoms with Crippen molar-refractivity contribution in [2.75, 3.05) is 13.2 Å². The molecule has 0 atom stereocenters. The van der Waals surface area contributed by atoms with Gasteiger partial charge < -0.3 is 10.1 Å². The van der Waals surface area contributed by atoms with E-state index < -0.39 is 0 Å². The lowest BCUT2D eigenvalue weighted by molar-refractivity contribution is 0.0301. The molecule has 1 saturated carbocycles. The molecule has 1 aliphatic rings. The molecule has 19 heavy (non-hydrogen) atoms. The first-order valence-electron chi connectivity index (χ1n) is 7.59. The summed E-state index contributed by atoms with van der Waals surface area (Å²) in [7, 11) is 0. The Bertz CT molecular complexity index is 347. The Morgan fingerprint density at radius 1 is 1.37 bits per heavy atom. The third-order valence-electron chi connectivity index (χ3n) is 3.60. The average molecular weight is 266 g/mol. The Kier molecular flexibility index (Phi) is 6.30. The third kappa shape index (κ3) is 4.91. The van der Waals surface area contributed by atoms with E-state index in [0.29, 0.717) is 6.10 Å². The van der Waals surface area contributed by atoms with Gasteiger partial charge >= 0.3 is 0 Å². The van der Waals surface area contributed by atoms with Crippen LogP contribution >= 0.6 is 0 Å². The van der Waals surface area contributed by atoms with Gasteiger partial charge in [-0.1, -0.05) is 26.2 Å². The first-order valence-corrected chi connectivity index (χ1v) is 7.59. The summed E-state index contributed by atoms with van der Waals surface area (Å²) in [5, 5.41) is 7.59. The quantitative estimate of drug-likeness (QED) is 0.732. The molecule has 0 aromatic carbocycles. The molecule has 1 heterocycles. The predicted molar refractivity (Wildman–Crippen MR) is 74.8 cm³/mol. The van der Waals surface area contributed by atoms with Crippen LogP contribution in [0.1, 0.15) is 51.3 Å². The molecule has 0 radical (unpaired) electrons. The molecule has 108 valence electrons. The monoisotopic (exact) mass is 266 g/mol. The maximum absolute atomic E-state index is 5.87. The van der Waals surface area contributed by atoms with E-state index in [1.165, 1.54) is 32.1 Å². The van der Waals surface area contributed by atoms with Gasteiger partial charge in [0.1, 0.15) is 12.2 Å². The van der Waals surface area contributed by atoms with Crippen molar-refractivity contribution in [3.63, 3.8) is 0 Å². The summed E-state index contributed by atoms with van der Waals surface area (Å²) in [5.41, 5.74) is 0. The maximum atomic E-state index is 5.87. The number of ether oxygens (including phenoxy) is 1. The summed E-state index contributed by atoms with van der Waals surface area (Å²) in [6.45, 7) is 5.54. The molecule has 1 aromatic rings. The number of aromatic nitrogens is 3. The Balaban J connectivity index is 1.57. The number of hydrogen-bond acceptors (Lipinski definition) is 4. The van der Waals surface area contributed by atoms with Crippen molar-refractivity contribution < 1.29 is 4.74 Å². The topological polar surface area (TPSA) is 52.0 Å². The van der Waals surface area contributed by atoms with Crippen LogP contribution in [0.25, 0.3) is 0 Å². The Labute approximate surface area is 115 Å². The maximum Gasteiger partial charge on any atom is 0.140 e. The van der Waals surface area contributed by atoms with Crippen LogP contribution in [0, 0.1) is 0 Å². The Hall–Kier alpha value is -0.940. The zero-order valence-corrected chi connectivity index (χ0v) is 12.0. The second-order valence-electron chi connectivity index (χ2n) is 5.21. The minimum absolute atomic E-state index is 0.499. The van der Waals surface area contributed by atoms with Gasteiger partial charge in [-0.3, -0.25) is 0 Å². The predicted octanol–water partition coefficient (Wildman–Crippen LogP) is 2.13. The summed E-state index contributed by atoms with van der Waals surface area (Å²) in [4.78, 5) is 4.27. The molecule has 0 saturated heterocycles. The molecule has 5 heteroatoms. The number of nitrogens with one attached hydrogen (secondary N) is 1. The van der Waals surface area contributed by atoms with Gasteiger partial charge in [0.2, 0.25) is 0 Å². The van der Waals surface area contributed by atoms with Gasteiger partial charge in [-0.05, 0) is 19.3 Å². The molecule has 0 bridgehead atoms. The molecule has 1 aromatic heterocycles. The lowest BCUT2D eigenvalue weighted by Gasteiger charge is -2.22. The van der Waals surface area contributed by atoms with Gasteiger partial charge in [-0.25, -0.2) is 9.67 Å². The highest BCUT2D eigenvalue weighted by molar-refractivity contribution is 4.83. The Morgan fingerprint density at radius 3 is 3.00 bits per heavy atom. The molecule has 5 nitrogen and oxygen atoms in total. The fraction of sp³-hybridized carbons (Fsp3) is 0.857. The van der Waals surface area contributed by atoms with Gasteiger partial charge in [0.15, 0.2) is 0 Å². The number of hydrogen-bond donors (Lipinski definition) is 1. The Morgan fingerprint density at radius 2 is 2.21 bits per heavy atom. The zero-order chi connectivity index (χ0) is 13.3. The third-order valence-corrected chi connectivity index (χ3v) is 3.60. The van der Waals surface area contributed by atoms with Gasteiger partial charge in [0, 0.05) is 13.1 Å². The lowest BCUT2D eigenvalue weighted by atomic mass is 9.98. The summed E-state index contributed by atoms with van der Waals surface area (Å²) in [6, 6.07) is 0. The van der Waals surface area contributed by atoms with E-state index in [1.54, 1.807) is 6.33 Å². The fourth-order valence-corrected chi connectivity index (χ4v) is 2.55. The van der Waals surface area contributed by atoms with Gasteiger partial charge in [0.25, 0.3) is 0 Å². The fourth-order valence-electron chi connectivity index (χ4n) is 2.55. The molecule has 1 N–H and O–H groups in total. The van der Waals surface area contributed by atoms with Crippen LogP contribution in [0.5, 0.6) is 0 Å². The second kappa shape index (κ2) is 8.27. The summed E-state index contributed by atoms with van der Waals surface area (Å²) in [5.74, 6) is 1.01. The average Bonchev–Trinajstić information content (AvgIpc) is 2.88. The SMILES string of the molecule is CCCn1ncnc1CNCCOC1CCCCC1. The number of aryl methyl sites for hydroxylation is 1. The van der Waals surface area contributed by atoms with Crippen LogP contribution in [-0.4, -0.2) is 34.0 Å². The van der Waals surface area contributed by atoms with Crippen LogP contribution in [-0.2, 0) is 17.8 Å². The number of nitrogens with zero attached hydrogens (tertiary/aromatic N) is 3. The van der Waals surface area contributed by atoms with Crippen molar-refractivity contribution in [2.45, 2.75) is 64.6 Å². The van der Waals surface area contributed by atoms with Crippen LogP contribution in [0.15, 0.2) is 6.33 Å².